The molecule has 1 fully saturated rings. The molecule has 1 aromatic rings. The van der Waals surface area contributed by atoms with Crippen molar-refractivity contribution in [3.05, 3.63) is 35.6 Å². The first-order chi connectivity index (χ1) is 9.44. The first-order valence-corrected chi connectivity index (χ1v) is 7.66. The van der Waals surface area contributed by atoms with Crippen LogP contribution < -0.4 is 5.73 Å². The van der Waals surface area contributed by atoms with Gasteiger partial charge in [0.25, 0.3) is 0 Å². The first kappa shape index (κ1) is 15.5. The van der Waals surface area contributed by atoms with Gasteiger partial charge in [0.05, 0.1) is 0 Å². The van der Waals surface area contributed by atoms with Crippen LogP contribution in [0.4, 0.5) is 4.39 Å². The minimum atomic E-state index is -0.178. The quantitative estimate of drug-likeness (QED) is 0.916. The highest BCUT2D eigenvalue weighted by molar-refractivity contribution is 5.19. The molecule has 2 N–H and O–H groups in total. The van der Waals surface area contributed by atoms with E-state index in [0.717, 1.165) is 24.4 Å². The molecule has 1 aliphatic heterocycles. The second kappa shape index (κ2) is 6.23. The molecular formula is C17H27FN2. The molecule has 1 aliphatic rings. The largest absolute Gasteiger partial charge is 0.329 e. The lowest BCUT2D eigenvalue weighted by molar-refractivity contribution is 0.0210. The van der Waals surface area contributed by atoms with E-state index in [-0.39, 0.29) is 11.4 Å². The van der Waals surface area contributed by atoms with Crippen molar-refractivity contribution in [2.75, 3.05) is 13.1 Å². The highest BCUT2D eigenvalue weighted by atomic mass is 19.1. The predicted molar refractivity (Wildman–Crippen MR) is 82.1 cm³/mol. The molecular weight excluding hydrogens is 251 g/mol. The van der Waals surface area contributed by atoms with E-state index in [0.29, 0.717) is 12.6 Å². The van der Waals surface area contributed by atoms with Gasteiger partial charge in [-0.05, 0) is 56.7 Å². The Kier molecular flexibility index (Phi) is 4.82. The fraction of sp³-hybridized carbons (Fsp3) is 0.647. The Hall–Kier alpha value is -0.930. The normalized spacial score (nSPS) is 27.2. The molecule has 0 spiro atoms. The van der Waals surface area contributed by atoms with Crippen molar-refractivity contribution in [2.45, 2.75) is 51.6 Å². The third-order valence-electron chi connectivity index (χ3n) is 4.75. The number of nitrogens with two attached hydrogens (primary N) is 1. The third-order valence-corrected chi connectivity index (χ3v) is 4.75. The lowest BCUT2D eigenvalue weighted by atomic mass is 9.84. The average Bonchev–Trinajstić information content (AvgIpc) is 2.44. The molecule has 2 nitrogen and oxygen atoms in total. The number of rotatable bonds is 4. The smallest absolute Gasteiger partial charge is 0.123 e. The molecule has 0 amide bonds. The number of hydrogen-bond donors (Lipinski definition) is 1. The number of nitrogens with zero attached hydrogens (tertiary/aromatic N) is 1. The molecule has 3 heteroatoms. The van der Waals surface area contributed by atoms with Crippen molar-refractivity contribution in [2.24, 2.45) is 11.7 Å². The topological polar surface area (TPSA) is 29.3 Å². The first-order valence-electron chi connectivity index (χ1n) is 7.66. The Balaban J connectivity index is 2.16. The maximum absolute atomic E-state index is 13.0. The number of halogens is 1. The average molecular weight is 278 g/mol. The standard InChI is InChI=1S/C17H27FN2/c1-13-4-5-14(2)20(11-13)17(3,12-19)10-15-6-8-16(18)9-7-15/h6-9,13-14H,4-5,10-12,19H2,1-3H3. The summed E-state index contributed by atoms with van der Waals surface area (Å²) in [6, 6.07) is 7.39. The fourth-order valence-electron chi connectivity index (χ4n) is 3.37. The van der Waals surface area contributed by atoms with E-state index in [1.807, 2.05) is 12.1 Å². The molecule has 0 radical (unpaired) electrons. The highest BCUT2D eigenvalue weighted by Gasteiger charge is 2.36. The van der Waals surface area contributed by atoms with Crippen molar-refractivity contribution >= 4 is 0 Å². The van der Waals surface area contributed by atoms with E-state index in [1.54, 1.807) is 0 Å². The van der Waals surface area contributed by atoms with Crippen LogP contribution in [0.15, 0.2) is 24.3 Å². The molecule has 20 heavy (non-hydrogen) atoms. The van der Waals surface area contributed by atoms with E-state index in [2.05, 4.69) is 25.7 Å². The lowest BCUT2D eigenvalue weighted by Crippen LogP contribution is -2.59. The van der Waals surface area contributed by atoms with Crippen molar-refractivity contribution in [3.63, 3.8) is 0 Å². The molecule has 3 unspecified atom stereocenters. The number of likely N-dealkylation sites (tertiary alicyclic amines) is 1. The van der Waals surface area contributed by atoms with Gasteiger partial charge in [0.15, 0.2) is 0 Å². The van der Waals surface area contributed by atoms with Gasteiger partial charge in [-0.1, -0.05) is 19.1 Å². The van der Waals surface area contributed by atoms with Crippen LogP contribution in [-0.2, 0) is 6.42 Å². The molecule has 3 atom stereocenters. The second-order valence-electron chi connectivity index (χ2n) is 6.69. The van der Waals surface area contributed by atoms with Crippen LogP contribution in [0.2, 0.25) is 0 Å². The molecule has 1 saturated heterocycles. The van der Waals surface area contributed by atoms with Gasteiger partial charge in [0.2, 0.25) is 0 Å². The van der Waals surface area contributed by atoms with E-state index < -0.39 is 0 Å². The summed E-state index contributed by atoms with van der Waals surface area (Å²) in [5, 5.41) is 0. The van der Waals surface area contributed by atoms with Gasteiger partial charge in [-0.2, -0.15) is 0 Å². The summed E-state index contributed by atoms with van der Waals surface area (Å²) >= 11 is 0. The molecule has 0 saturated carbocycles. The minimum absolute atomic E-state index is 0.0497. The Morgan fingerprint density at radius 2 is 1.90 bits per heavy atom. The zero-order chi connectivity index (χ0) is 14.8. The van der Waals surface area contributed by atoms with Gasteiger partial charge in [0, 0.05) is 24.7 Å². The van der Waals surface area contributed by atoms with Crippen LogP contribution in [0.5, 0.6) is 0 Å². The molecule has 0 aliphatic carbocycles. The maximum atomic E-state index is 13.0. The predicted octanol–water partition coefficient (Wildman–Crippen LogP) is 3.21. The van der Waals surface area contributed by atoms with Crippen LogP contribution in [0.25, 0.3) is 0 Å². The minimum Gasteiger partial charge on any atom is -0.329 e. The van der Waals surface area contributed by atoms with E-state index in [1.165, 1.54) is 25.0 Å². The van der Waals surface area contributed by atoms with Crippen molar-refractivity contribution in [1.29, 1.82) is 0 Å². The van der Waals surface area contributed by atoms with Gasteiger partial charge < -0.3 is 5.73 Å². The Labute approximate surface area is 122 Å². The van der Waals surface area contributed by atoms with Crippen molar-refractivity contribution < 1.29 is 4.39 Å². The molecule has 1 heterocycles. The van der Waals surface area contributed by atoms with E-state index in [4.69, 9.17) is 5.73 Å². The second-order valence-corrected chi connectivity index (χ2v) is 6.69. The Morgan fingerprint density at radius 3 is 2.50 bits per heavy atom. The van der Waals surface area contributed by atoms with Crippen LogP contribution >= 0.6 is 0 Å². The maximum Gasteiger partial charge on any atom is 0.123 e. The SMILES string of the molecule is CC1CCC(C)N(C(C)(CN)Cc2ccc(F)cc2)C1. The summed E-state index contributed by atoms with van der Waals surface area (Å²) in [6.45, 7) is 8.58. The molecule has 0 bridgehead atoms. The van der Waals surface area contributed by atoms with Gasteiger partial charge in [0.1, 0.15) is 5.82 Å². The van der Waals surface area contributed by atoms with Crippen molar-refractivity contribution in [1.82, 2.24) is 4.90 Å². The summed E-state index contributed by atoms with van der Waals surface area (Å²) in [4.78, 5) is 2.56. The van der Waals surface area contributed by atoms with Gasteiger partial charge in [-0.25, -0.2) is 4.39 Å². The summed E-state index contributed by atoms with van der Waals surface area (Å²) in [5.41, 5.74) is 7.22. The zero-order valence-corrected chi connectivity index (χ0v) is 12.9. The van der Waals surface area contributed by atoms with Crippen LogP contribution in [0.1, 0.15) is 39.2 Å². The van der Waals surface area contributed by atoms with E-state index in [9.17, 15) is 4.39 Å². The van der Waals surface area contributed by atoms with Gasteiger partial charge in [-0.15, -0.1) is 0 Å². The molecule has 0 aromatic heterocycles. The monoisotopic (exact) mass is 278 g/mol. The lowest BCUT2D eigenvalue weighted by Gasteiger charge is -2.48. The summed E-state index contributed by atoms with van der Waals surface area (Å²) in [6.07, 6.45) is 3.41. The van der Waals surface area contributed by atoms with E-state index >= 15 is 0 Å². The summed E-state index contributed by atoms with van der Waals surface area (Å²) < 4.78 is 13.0. The van der Waals surface area contributed by atoms with Crippen LogP contribution in [0.3, 0.4) is 0 Å². The number of hydrogen-bond acceptors (Lipinski definition) is 2. The number of piperidine rings is 1. The van der Waals surface area contributed by atoms with Crippen molar-refractivity contribution in [3.8, 4) is 0 Å². The zero-order valence-electron chi connectivity index (χ0n) is 12.9. The number of benzene rings is 1. The molecule has 112 valence electrons. The fourth-order valence-corrected chi connectivity index (χ4v) is 3.37. The van der Waals surface area contributed by atoms with Crippen LogP contribution in [0, 0.1) is 11.7 Å². The summed E-state index contributed by atoms with van der Waals surface area (Å²) in [7, 11) is 0. The Morgan fingerprint density at radius 1 is 1.25 bits per heavy atom. The third kappa shape index (κ3) is 3.39. The van der Waals surface area contributed by atoms with Gasteiger partial charge in [-0.3, -0.25) is 4.90 Å². The highest BCUT2D eigenvalue weighted by Crippen LogP contribution is 2.30. The van der Waals surface area contributed by atoms with Gasteiger partial charge >= 0.3 is 0 Å². The summed E-state index contributed by atoms with van der Waals surface area (Å²) in [5.74, 6) is 0.549. The molecule has 2 rings (SSSR count). The molecule has 1 aromatic carbocycles. The van der Waals surface area contributed by atoms with Crippen LogP contribution in [-0.4, -0.2) is 29.6 Å². The Bertz CT molecular complexity index is 431.